The molecule has 2 saturated heterocycles. The van der Waals surface area contributed by atoms with E-state index in [0.29, 0.717) is 13.2 Å². The normalized spacial score (nSPS) is 31.2. The number of hydrogen-bond acceptors (Lipinski definition) is 2. The quantitative estimate of drug-likeness (QED) is 0.492. The lowest BCUT2D eigenvalue weighted by Crippen LogP contribution is -2.44. The summed E-state index contributed by atoms with van der Waals surface area (Å²) in [7, 11) is 0. The summed E-state index contributed by atoms with van der Waals surface area (Å²) >= 11 is 0. The maximum Gasteiger partial charge on any atom is 0.243 e. The van der Waals surface area contributed by atoms with Crippen molar-refractivity contribution >= 4 is 0 Å². The highest BCUT2D eigenvalue weighted by molar-refractivity contribution is 4.75. The van der Waals surface area contributed by atoms with Gasteiger partial charge in [-0.05, 0) is 12.8 Å². The zero-order chi connectivity index (χ0) is 6.86. The molecule has 10 heavy (non-hydrogen) atoms. The smallest absolute Gasteiger partial charge is 0.243 e. The van der Waals surface area contributed by atoms with Gasteiger partial charge in [-0.1, -0.05) is 0 Å². The summed E-state index contributed by atoms with van der Waals surface area (Å²) in [6.07, 6.45) is 3.32. The van der Waals surface area contributed by atoms with E-state index in [1.807, 2.05) is 0 Å². The molecule has 0 saturated carbocycles. The van der Waals surface area contributed by atoms with Gasteiger partial charge >= 0.3 is 0 Å². The monoisotopic (exact) mass is 142 g/mol. The maximum absolute atomic E-state index is 5.39. The van der Waals surface area contributed by atoms with Crippen molar-refractivity contribution in [3.63, 3.8) is 0 Å². The lowest BCUT2D eigenvalue weighted by Gasteiger charge is -2.30. The first-order chi connectivity index (χ1) is 4.91. The highest BCUT2D eigenvalue weighted by Crippen LogP contribution is 2.26. The van der Waals surface area contributed by atoms with Crippen LogP contribution in [0.3, 0.4) is 0 Å². The third kappa shape index (κ3) is 1.05. The summed E-state index contributed by atoms with van der Waals surface area (Å²) in [6.45, 7) is 2.33. The van der Waals surface area contributed by atoms with Crippen molar-refractivity contribution in [3.8, 4) is 0 Å². The molecule has 2 aliphatic heterocycles. The lowest BCUT2D eigenvalue weighted by atomic mass is 10.1. The molecule has 0 atom stereocenters. The Hall–Kier alpha value is -0.120. The number of hydrogen-bond donors (Lipinski definition) is 0. The molecule has 57 valence electrons. The Morgan fingerprint density at radius 3 is 2.50 bits per heavy atom. The van der Waals surface area contributed by atoms with Crippen molar-refractivity contribution in [2.24, 2.45) is 0 Å². The van der Waals surface area contributed by atoms with Gasteiger partial charge in [0.15, 0.2) is 0 Å². The van der Waals surface area contributed by atoms with Crippen LogP contribution in [0.1, 0.15) is 19.3 Å². The Kier molecular flexibility index (Phi) is 1.64. The first kappa shape index (κ1) is 6.58. The van der Waals surface area contributed by atoms with Gasteiger partial charge in [0.25, 0.3) is 0 Å². The van der Waals surface area contributed by atoms with E-state index in [-0.39, 0.29) is 0 Å². The fourth-order valence-electron chi connectivity index (χ4n) is 1.47. The second-order valence-corrected chi connectivity index (χ2v) is 2.75. The highest BCUT2D eigenvalue weighted by atomic mass is 16.8. The van der Waals surface area contributed by atoms with Gasteiger partial charge in [0.2, 0.25) is 5.91 Å². The summed E-state index contributed by atoms with van der Waals surface area (Å²) in [6, 6.07) is 0. The third-order valence-electron chi connectivity index (χ3n) is 1.99. The van der Waals surface area contributed by atoms with E-state index in [2.05, 4.69) is 5.32 Å². The number of piperidine rings is 1. The predicted octanol–water partition coefficient (Wildman–Crippen LogP) is 0.475. The Morgan fingerprint density at radius 1 is 1.10 bits per heavy atom. The largest absolute Gasteiger partial charge is 0.334 e. The Morgan fingerprint density at radius 2 is 1.90 bits per heavy atom. The Bertz CT molecular complexity index is 113. The Balaban J connectivity index is 1.98. The number of nitrogens with zero attached hydrogens (tertiary/aromatic N) is 1. The second kappa shape index (κ2) is 2.49. The average molecular weight is 142 g/mol. The molecule has 0 bridgehead atoms. The van der Waals surface area contributed by atoms with Gasteiger partial charge in [0, 0.05) is 13.0 Å². The van der Waals surface area contributed by atoms with Crippen molar-refractivity contribution < 1.29 is 9.47 Å². The summed E-state index contributed by atoms with van der Waals surface area (Å²) in [5.41, 5.74) is 0. The molecule has 3 nitrogen and oxygen atoms in total. The number of ether oxygens (including phenoxy) is 2. The summed E-state index contributed by atoms with van der Waals surface area (Å²) in [4.78, 5) is 0. The van der Waals surface area contributed by atoms with Crippen LogP contribution in [0.25, 0.3) is 0 Å². The van der Waals surface area contributed by atoms with Gasteiger partial charge in [-0.25, -0.2) is 0 Å². The molecule has 1 spiro atoms. The molecular formula is C7H12NO2. The molecule has 1 radical (unpaired) electrons. The molecule has 2 heterocycles. The van der Waals surface area contributed by atoms with Gasteiger partial charge in [0.05, 0.1) is 13.2 Å². The van der Waals surface area contributed by atoms with E-state index in [0.717, 1.165) is 13.0 Å². The molecule has 0 aromatic carbocycles. The molecule has 3 heteroatoms. The second-order valence-electron chi connectivity index (χ2n) is 2.75. The first-order valence-corrected chi connectivity index (χ1v) is 3.88. The summed E-state index contributed by atoms with van der Waals surface area (Å²) < 4.78 is 10.8. The maximum atomic E-state index is 5.39. The first-order valence-electron chi connectivity index (χ1n) is 3.88. The molecule has 0 aromatic heterocycles. The van der Waals surface area contributed by atoms with Crippen molar-refractivity contribution in [2.75, 3.05) is 19.8 Å². The van der Waals surface area contributed by atoms with E-state index in [1.54, 1.807) is 0 Å². The lowest BCUT2D eigenvalue weighted by molar-refractivity contribution is -0.197. The minimum atomic E-state index is -0.502. The van der Waals surface area contributed by atoms with Crippen LogP contribution in [0.15, 0.2) is 0 Å². The van der Waals surface area contributed by atoms with E-state index < -0.39 is 5.91 Å². The highest BCUT2D eigenvalue weighted by Gasteiger charge is 2.38. The minimum Gasteiger partial charge on any atom is -0.334 e. The van der Waals surface area contributed by atoms with Gasteiger partial charge in [0.1, 0.15) is 0 Å². The van der Waals surface area contributed by atoms with Crippen LogP contribution in [-0.2, 0) is 9.47 Å². The minimum absolute atomic E-state index is 0.502. The molecular weight excluding hydrogens is 130 g/mol. The van der Waals surface area contributed by atoms with Crippen molar-refractivity contribution in [1.29, 1.82) is 0 Å². The standard InChI is InChI=1S/C7H12NO2/c1-2-4-8-7(3-1)9-5-6-10-7/h1-6H2. The van der Waals surface area contributed by atoms with Crippen LogP contribution < -0.4 is 5.32 Å². The molecule has 0 N–H and O–H groups in total. The van der Waals surface area contributed by atoms with Crippen LogP contribution >= 0.6 is 0 Å². The van der Waals surface area contributed by atoms with Gasteiger partial charge in [-0.2, -0.15) is 5.32 Å². The Labute approximate surface area is 60.7 Å². The molecule has 2 aliphatic rings. The average Bonchev–Trinajstić information content (AvgIpc) is 2.39. The predicted molar refractivity (Wildman–Crippen MR) is 35.5 cm³/mol. The molecule has 2 fully saturated rings. The SMILES string of the molecule is C1CCC2([N]C1)OCCO2. The van der Waals surface area contributed by atoms with Gasteiger partial charge < -0.3 is 9.47 Å². The molecule has 0 amide bonds. The van der Waals surface area contributed by atoms with Crippen LogP contribution in [0, 0.1) is 0 Å². The third-order valence-corrected chi connectivity index (χ3v) is 1.99. The van der Waals surface area contributed by atoms with Crippen molar-refractivity contribution in [2.45, 2.75) is 25.2 Å². The van der Waals surface area contributed by atoms with E-state index >= 15 is 0 Å². The molecule has 0 unspecified atom stereocenters. The summed E-state index contributed by atoms with van der Waals surface area (Å²) in [5.74, 6) is -0.502. The zero-order valence-corrected chi connectivity index (χ0v) is 6.01. The zero-order valence-electron chi connectivity index (χ0n) is 6.01. The van der Waals surface area contributed by atoms with Crippen LogP contribution in [0.2, 0.25) is 0 Å². The number of rotatable bonds is 0. The van der Waals surface area contributed by atoms with Gasteiger partial charge in [-0.3, -0.25) is 0 Å². The summed E-state index contributed by atoms with van der Waals surface area (Å²) in [5, 5.41) is 4.32. The van der Waals surface area contributed by atoms with E-state index in [9.17, 15) is 0 Å². The fourth-order valence-corrected chi connectivity index (χ4v) is 1.47. The van der Waals surface area contributed by atoms with Crippen LogP contribution in [0.5, 0.6) is 0 Å². The van der Waals surface area contributed by atoms with Crippen LogP contribution in [0.4, 0.5) is 0 Å². The topological polar surface area (TPSA) is 32.6 Å². The molecule has 2 rings (SSSR count). The fraction of sp³-hybridized carbons (Fsp3) is 1.00. The van der Waals surface area contributed by atoms with E-state index in [4.69, 9.17) is 9.47 Å². The van der Waals surface area contributed by atoms with Crippen LogP contribution in [-0.4, -0.2) is 25.7 Å². The van der Waals surface area contributed by atoms with Gasteiger partial charge in [-0.15, -0.1) is 0 Å². The van der Waals surface area contributed by atoms with Crippen molar-refractivity contribution in [1.82, 2.24) is 5.32 Å². The van der Waals surface area contributed by atoms with E-state index in [1.165, 1.54) is 12.8 Å². The van der Waals surface area contributed by atoms with Crippen molar-refractivity contribution in [3.05, 3.63) is 0 Å². The molecule has 0 aromatic rings. The molecule has 0 aliphatic carbocycles.